The van der Waals surface area contributed by atoms with Crippen LogP contribution >= 0.6 is 0 Å². The fraction of sp³-hybridized carbons (Fsp3) is 0.533. The van der Waals surface area contributed by atoms with E-state index >= 15 is 0 Å². The van der Waals surface area contributed by atoms with Gasteiger partial charge in [0.15, 0.2) is 0 Å². The molecule has 22 heavy (non-hydrogen) atoms. The number of nitrogens with zero attached hydrogens (tertiary/aromatic N) is 3. The van der Waals surface area contributed by atoms with Gasteiger partial charge in [0.2, 0.25) is 10.0 Å². The molecule has 3 heterocycles. The normalized spacial score (nSPS) is 20.0. The number of sulfonamides is 1. The molecule has 0 amide bonds. The second-order valence-electron chi connectivity index (χ2n) is 5.87. The van der Waals surface area contributed by atoms with Gasteiger partial charge < -0.3 is 4.40 Å². The Bertz CT molecular complexity index is 769. The van der Waals surface area contributed by atoms with Crippen LogP contribution < -0.4 is 4.72 Å². The van der Waals surface area contributed by atoms with E-state index in [1.54, 1.807) is 0 Å². The summed E-state index contributed by atoms with van der Waals surface area (Å²) >= 11 is 0. The molecule has 1 aliphatic rings. The van der Waals surface area contributed by atoms with Gasteiger partial charge >= 0.3 is 0 Å². The van der Waals surface area contributed by atoms with E-state index in [1.807, 2.05) is 32.3 Å². The third-order valence-electron chi connectivity index (χ3n) is 4.14. The zero-order valence-electron chi connectivity index (χ0n) is 13.0. The van der Waals surface area contributed by atoms with Gasteiger partial charge in [-0.3, -0.25) is 4.90 Å². The molecule has 1 N–H and O–H groups in total. The Hall–Kier alpha value is -1.44. The molecule has 3 rings (SSSR count). The van der Waals surface area contributed by atoms with Crippen molar-refractivity contribution < 1.29 is 8.42 Å². The molecule has 7 heteroatoms. The number of pyridine rings is 1. The minimum atomic E-state index is -3.18. The Morgan fingerprint density at radius 3 is 3.05 bits per heavy atom. The number of likely N-dealkylation sites (tertiary alicyclic amines) is 1. The predicted molar refractivity (Wildman–Crippen MR) is 86.2 cm³/mol. The number of aromatic nitrogens is 2. The van der Waals surface area contributed by atoms with Crippen molar-refractivity contribution in [3.05, 3.63) is 35.8 Å². The highest BCUT2D eigenvalue weighted by molar-refractivity contribution is 7.90. The summed E-state index contributed by atoms with van der Waals surface area (Å²) in [5.74, 6) is 0. The first-order valence-electron chi connectivity index (χ1n) is 7.63. The van der Waals surface area contributed by atoms with Crippen molar-refractivity contribution in [3.63, 3.8) is 0 Å². The number of rotatable bonds is 5. The van der Waals surface area contributed by atoms with Crippen LogP contribution in [-0.4, -0.2) is 47.6 Å². The van der Waals surface area contributed by atoms with Crippen molar-refractivity contribution >= 4 is 15.7 Å². The van der Waals surface area contributed by atoms with Gasteiger partial charge in [0.05, 0.1) is 17.1 Å². The van der Waals surface area contributed by atoms with Crippen molar-refractivity contribution in [1.82, 2.24) is 19.0 Å². The van der Waals surface area contributed by atoms with E-state index in [4.69, 9.17) is 0 Å². The van der Waals surface area contributed by atoms with Crippen LogP contribution in [-0.2, 0) is 16.6 Å². The molecule has 0 unspecified atom stereocenters. The van der Waals surface area contributed by atoms with Crippen LogP contribution in [0.4, 0.5) is 0 Å². The lowest BCUT2D eigenvalue weighted by atomic mass is 10.3. The van der Waals surface area contributed by atoms with Crippen molar-refractivity contribution in [3.8, 4) is 0 Å². The van der Waals surface area contributed by atoms with Crippen LogP contribution in [0.1, 0.15) is 24.6 Å². The molecular weight excluding hydrogens is 300 g/mol. The summed E-state index contributed by atoms with van der Waals surface area (Å²) in [5, 5.41) is -0.311. The molecule has 1 atom stereocenters. The Morgan fingerprint density at radius 2 is 2.27 bits per heavy atom. The Kier molecular flexibility index (Phi) is 4.20. The molecule has 0 spiro atoms. The van der Waals surface area contributed by atoms with Crippen LogP contribution in [0.3, 0.4) is 0 Å². The number of hydrogen-bond donors (Lipinski definition) is 1. The molecule has 120 valence electrons. The third kappa shape index (κ3) is 3.02. The van der Waals surface area contributed by atoms with E-state index in [1.165, 1.54) is 5.56 Å². The van der Waals surface area contributed by atoms with Gasteiger partial charge in [0.25, 0.3) is 0 Å². The average molecular weight is 322 g/mol. The maximum Gasteiger partial charge on any atom is 0.215 e. The summed E-state index contributed by atoms with van der Waals surface area (Å²) in [6, 6.07) is 4.10. The van der Waals surface area contributed by atoms with Crippen molar-refractivity contribution in [2.24, 2.45) is 0 Å². The van der Waals surface area contributed by atoms with Crippen LogP contribution in [0.2, 0.25) is 0 Å². The molecule has 1 aliphatic heterocycles. The standard InChI is InChI=1S/C15H22N4O2S/c1-3-17-22(20,21)14-5-6-18(11-14)10-13-9-16-15-8-12(2)4-7-19(13)15/h4,7-9,14,17H,3,5-6,10-11H2,1-2H3/t14-/m0/s1. The van der Waals surface area contributed by atoms with Gasteiger partial charge in [-0.15, -0.1) is 0 Å². The molecule has 2 aromatic heterocycles. The molecule has 0 aromatic carbocycles. The van der Waals surface area contributed by atoms with Crippen LogP contribution in [0.15, 0.2) is 24.5 Å². The summed E-state index contributed by atoms with van der Waals surface area (Å²) in [6.07, 6.45) is 4.59. The lowest BCUT2D eigenvalue weighted by molar-refractivity contribution is 0.326. The number of nitrogens with one attached hydrogen (secondary N) is 1. The van der Waals surface area contributed by atoms with E-state index in [-0.39, 0.29) is 5.25 Å². The topological polar surface area (TPSA) is 66.7 Å². The Morgan fingerprint density at radius 1 is 1.45 bits per heavy atom. The molecular formula is C15H22N4O2S. The summed E-state index contributed by atoms with van der Waals surface area (Å²) in [6.45, 7) is 6.41. The molecule has 2 aromatic rings. The Labute approximate surface area is 131 Å². The first kappa shape index (κ1) is 15.5. The SMILES string of the molecule is CCNS(=O)(=O)[C@H]1CCN(Cc2cnc3cc(C)ccn23)C1. The fourth-order valence-corrected chi connectivity index (χ4v) is 4.45. The second kappa shape index (κ2) is 5.98. The van der Waals surface area contributed by atoms with E-state index in [0.29, 0.717) is 19.5 Å². The van der Waals surface area contributed by atoms with Gasteiger partial charge in [-0.2, -0.15) is 0 Å². The lowest BCUT2D eigenvalue weighted by Gasteiger charge is -2.16. The minimum absolute atomic E-state index is 0.311. The highest BCUT2D eigenvalue weighted by atomic mass is 32.2. The quantitative estimate of drug-likeness (QED) is 0.897. The second-order valence-corrected chi connectivity index (χ2v) is 7.92. The van der Waals surface area contributed by atoms with Crippen molar-refractivity contribution in [1.29, 1.82) is 0 Å². The maximum absolute atomic E-state index is 12.1. The largest absolute Gasteiger partial charge is 0.303 e. The third-order valence-corrected chi connectivity index (χ3v) is 6.10. The predicted octanol–water partition coefficient (Wildman–Crippen LogP) is 1.16. The first-order chi connectivity index (χ1) is 10.5. The smallest absolute Gasteiger partial charge is 0.215 e. The van der Waals surface area contributed by atoms with Crippen LogP contribution in [0.5, 0.6) is 0 Å². The molecule has 0 bridgehead atoms. The van der Waals surface area contributed by atoms with Gasteiger partial charge in [-0.25, -0.2) is 18.1 Å². The van der Waals surface area contributed by atoms with Gasteiger partial charge in [-0.1, -0.05) is 6.92 Å². The zero-order chi connectivity index (χ0) is 15.7. The first-order valence-corrected chi connectivity index (χ1v) is 9.17. The monoisotopic (exact) mass is 322 g/mol. The number of aryl methyl sites for hydroxylation is 1. The number of imidazole rings is 1. The molecule has 0 saturated carbocycles. The number of fused-ring (bicyclic) bond motifs is 1. The minimum Gasteiger partial charge on any atom is -0.303 e. The van der Waals surface area contributed by atoms with E-state index < -0.39 is 10.0 Å². The average Bonchev–Trinajstić information content (AvgIpc) is 3.07. The molecule has 1 fully saturated rings. The van der Waals surface area contributed by atoms with E-state index in [9.17, 15) is 8.42 Å². The highest BCUT2D eigenvalue weighted by Crippen LogP contribution is 2.19. The lowest BCUT2D eigenvalue weighted by Crippen LogP contribution is -2.36. The highest BCUT2D eigenvalue weighted by Gasteiger charge is 2.32. The summed E-state index contributed by atoms with van der Waals surface area (Å²) in [5.41, 5.74) is 3.21. The Balaban J connectivity index is 1.72. The molecule has 1 saturated heterocycles. The molecule has 0 aliphatic carbocycles. The van der Waals surface area contributed by atoms with Crippen molar-refractivity contribution in [2.45, 2.75) is 32.1 Å². The van der Waals surface area contributed by atoms with E-state index in [2.05, 4.69) is 25.1 Å². The van der Waals surface area contributed by atoms with Gasteiger partial charge in [0, 0.05) is 25.8 Å². The van der Waals surface area contributed by atoms with Gasteiger partial charge in [-0.05, 0) is 37.6 Å². The van der Waals surface area contributed by atoms with Crippen LogP contribution in [0, 0.1) is 6.92 Å². The zero-order valence-corrected chi connectivity index (χ0v) is 13.8. The fourth-order valence-electron chi connectivity index (χ4n) is 2.99. The maximum atomic E-state index is 12.1. The summed E-state index contributed by atoms with van der Waals surface area (Å²) < 4.78 is 28.8. The number of hydrogen-bond acceptors (Lipinski definition) is 4. The van der Waals surface area contributed by atoms with Crippen LogP contribution in [0.25, 0.3) is 5.65 Å². The van der Waals surface area contributed by atoms with Crippen molar-refractivity contribution in [2.75, 3.05) is 19.6 Å². The van der Waals surface area contributed by atoms with E-state index in [0.717, 1.165) is 24.4 Å². The molecule has 0 radical (unpaired) electrons. The van der Waals surface area contributed by atoms with Gasteiger partial charge in [0.1, 0.15) is 5.65 Å². The summed E-state index contributed by atoms with van der Waals surface area (Å²) in [4.78, 5) is 6.61. The molecule has 6 nitrogen and oxygen atoms in total. The summed E-state index contributed by atoms with van der Waals surface area (Å²) in [7, 11) is -3.18.